The largest absolute Gasteiger partial charge is 0.379 e. The lowest BCUT2D eigenvalue weighted by Gasteiger charge is -2.40. The Kier molecular flexibility index (Phi) is 5.96. The molecule has 28 heavy (non-hydrogen) atoms. The molecule has 4 heterocycles. The first kappa shape index (κ1) is 19.4. The molecule has 4 rings (SSSR count). The summed E-state index contributed by atoms with van der Waals surface area (Å²) in [6.45, 7) is 13.2. The van der Waals surface area contributed by atoms with Crippen molar-refractivity contribution in [3.8, 4) is 0 Å². The average Bonchev–Trinajstić information content (AvgIpc) is 3.17. The Morgan fingerprint density at radius 1 is 1.14 bits per heavy atom. The van der Waals surface area contributed by atoms with Gasteiger partial charge in [0.05, 0.1) is 19.5 Å². The Balaban J connectivity index is 1.55. The van der Waals surface area contributed by atoms with E-state index in [0.717, 1.165) is 88.1 Å². The van der Waals surface area contributed by atoms with Gasteiger partial charge in [0.25, 0.3) is 0 Å². The molecule has 2 aromatic heterocycles. The molecule has 0 bridgehead atoms. The van der Waals surface area contributed by atoms with E-state index in [1.54, 1.807) is 0 Å². The number of aromatic nitrogens is 4. The fourth-order valence-corrected chi connectivity index (χ4v) is 4.16. The first-order valence-corrected chi connectivity index (χ1v) is 10.7. The SMILES string of the molecule is CCCNc1nc(N2CCC(N3CCOCC3)CC2)nc2c1ncn2C(C)C. The fraction of sp³-hybridized carbons (Fsp3) is 0.750. The standard InChI is InChI=1S/C20H33N7O/c1-4-7-21-18-17-19(27(14-22-17)15(2)3)24-20(23-18)26-8-5-16(6-9-26)25-10-12-28-13-11-25/h14-16H,4-13H2,1-3H3,(H,21,23,24). The van der Waals surface area contributed by atoms with Crippen LogP contribution in [0.1, 0.15) is 46.1 Å². The van der Waals surface area contributed by atoms with Crippen LogP contribution in [0.3, 0.4) is 0 Å². The Labute approximate surface area is 167 Å². The van der Waals surface area contributed by atoms with Crippen molar-refractivity contribution >= 4 is 22.9 Å². The average molecular weight is 388 g/mol. The van der Waals surface area contributed by atoms with E-state index in [-0.39, 0.29) is 0 Å². The first-order valence-electron chi connectivity index (χ1n) is 10.7. The molecule has 0 amide bonds. The molecule has 8 nitrogen and oxygen atoms in total. The highest BCUT2D eigenvalue weighted by atomic mass is 16.5. The number of anilines is 2. The maximum atomic E-state index is 5.50. The van der Waals surface area contributed by atoms with Gasteiger partial charge in [-0.25, -0.2) is 4.98 Å². The highest BCUT2D eigenvalue weighted by Gasteiger charge is 2.27. The number of nitrogens with zero attached hydrogens (tertiary/aromatic N) is 6. The maximum Gasteiger partial charge on any atom is 0.229 e. The zero-order chi connectivity index (χ0) is 19.5. The summed E-state index contributed by atoms with van der Waals surface area (Å²) in [6, 6.07) is 0.974. The van der Waals surface area contributed by atoms with E-state index in [1.165, 1.54) is 0 Å². The van der Waals surface area contributed by atoms with E-state index in [4.69, 9.17) is 14.7 Å². The van der Waals surface area contributed by atoms with Gasteiger partial charge in [0, 0.05) is 44.8 Å². The van der Waals surface area contributed by atoms with E-state index in [1.807, 2.05) is 6.33 Å². The molecule has 0 spiro atoms. The third kappa shape index (κ3) is 3.93. The first-order chi connectivity index (χ1) is 13.7. The molecule has 2 fully saturated rings. The van der Waals surface area contributed by atoms with Gasteiger partial charge in [-0.1, -0.05) is 6.92 Å². The molecule has 2 saturated heterocycles. The number of imidazole rings is 1. The minimum atomic E-state index is 0.318. The van der Waals surface area contributed by atoms with Gasteiger partial charge in [0.15, 0.2) is 17.0 Å². The van der Waals surface area contributed by atoms with Gasteiger partial charge in [-0.3, -0.25) is 4.90 Å². The topological polar surface area (TPSA) is 71.3 Å². The molecule has 2 aliphatic heterocycles. The highest BCUT2D eigenvalue weighted by molar-refractivity contribution is 5.84. The summed E-state index contributed by atoms with van der Waals surface area (Å²) in [5.41, 5.74) is 1.79. The van der Waals surface area contributed by atoms with Gasteiger partial charge in [-0.05, 0) is 33.1 Å². The van der Waals surface area contributed by atoms with E-state index in [0.29, 0.717) is 12.1 Å². The lowest BCUT2D eigenvalue weighted by molar-refractivity contribution is 0.0114. The lowest BCUT2D eigenvalue weighted by atomic mass is 10.0. The molecule has 0 aromatic carbocycles. The normalized spacial score (nSPS) is 19.6. The molecule has 0 atom stereocenters. The Morgan fingerprint density at radius 2 is 1.89 bits per heavy atom. The zero-order valence-corrected chi connectivity index (χ0v) is 17.4. The highest BCUT2D eigenvalue weighted by Crippen LogP contribution is 2.27. The van der Waals surface area contributed by atoms with Gasteiger partial charge in [0.1, 0.15) is 0 Å². The van der Waals surface area contributed by atoms with E-state index in [2.05, 4.69) is 45.4 Å². The fourth-order valence-electron chi connectivity index (χ4n) is 4.16. The van der Waals surface area contributed by atoms with Crippen LogP contribution in [0, 0.1) is 0 Å². The van der Waals surface area contributed by atoms with Gasteiger partial charge < -0.3 is 19.5 Å². The Bertz CT molecular complexity index is 776. The molecule has 154 valence electrons. The summed E-state index contributed by atoms with van der Waals surface area (Å²) in [4.78, 5) is 19.3. The van der Waals surface area contributed by atoms with Crippen LogP contribution in [0.2, 0.25) is 0 Å². The summed E-state index contributed by atoms with van der Waals surface area (Å²) in [6.07, 6.45) is 5.25. The van der Waals surface area contributed by atoms with Crippen LogP contribution in [0.25, 0.3) is 11.2 Å². The molecule has 0 radical (unpaired) electrons. The molecule has 0 aliphatic carbocycles. The second kappa shape index (κ2) is 8.61. The predicted octanol–water partition coefficient (Wildman–Crippen LogP) is 2.53. The number of rotatable bonds is 6. The lowest BCUT2D eigenvalue weighted by Crippen LogP contribution is -2.49. The molecule has 0 saturated carbocycles. The molecular weight excluding hydrogens is 354 g/mol. The van der Waals surface area contributed by atoms with Crippen LogP contribution in [0.5, 0.6) is 0 Å². The smallest absolute Gasteiger partial charge is 0.229 e. The van der Waals surface area contributed by atoms with Gasteiger partial charge in [0.2, 0.25) is 5.95 Å². The number of ether oxygens (including phenoxy) is 1. The van der Waals surface area contributed by atoms with Gasteiger partial charge in [-0.2, -0.15) is 9.97 Å². The third-order valence-electron chi connectivity index (χ3n) is 5.82. The molecule has 0 unspecified atom stereocenters. The molecule has 8 heteroatoms. The van der Waals surface area contributed by atoms with Crippen LogP contribution in [-0.4, -0.2) is 76.4 Å². The summed E-state index contributed by atoms with van der Waals surface area (Å²) in [5, 5.41) is 3.45. The molecule has 2 aliphatic rings. The summed E-state index contributed by atoms with van der Waals surface area (Å²) < 4.78 is 7.64. The molecule has 2 aromatic rings. The summed E-state index contributed by atoms with van der Waals surface area (Å²) >= 11 is 0. The van der Waals surface area contributed by atoms with Crippen molar-refractivity contribution in [2.45, 2.75) is 52.1 Å². The molecule has 1 N–H and O–H groups in total. The van der Waals surface area contributed by atoms with E-state index < -0.39 is 0 Å². The third-order valence-corrected chi connectivity index (χ3v) is 5.82. The predicted molar refractivity (Wildman–Crippen MR) is 112 cm³/mol. The maximum absolute atomic E-state index is 5.50. The van der Waals surface area contributed by atoms with Crippen molar-refractivity contribution in [2.24, 2.45) is 0 Å². The Morgan fingerprint density at radius 3 is 2.57 bits per heavy atom. The van der Waals surface area contributed by atoms with Crippen LogP contribution in [0.15, 0.2) is 6.33 Å². The van der Waals surface area contributed by atoms with Crippen molar-refractivity contribution < 1.29 is 4.74 Å². The van der Waals surface area contributed by atoms with Crippen molar-refractivity contribution in [3.05, 3.63) is 6.33 Å². The number of fused-ring (bicyclic) bond motifs is 1. The monoisotopic (exact) mass is 387 g/mol. The minimum absolute atomic E-state index is 0.318. The van der Waals surface area contributed by atoms with Gasteiger partial charge >= 0.3 is 0 Å². The van der Waals surface area contributed by atoms with Crippen LogP contribution < -0.4 is 10.2 Å². The van der Waals surface area contributed by atoms with E-state index >= 15 is 0 Å². The van der Waals surface area contributed by atoms with Crippen LogP contribution in [0.4, 0.5) is 11.8 Å². The summed E-state index contributed by atoms with van der Waals surface area (Å²) in [5.74, 6) is 1.69. The van der Waals surface area contributed by atoms with Crippen molar-refractivity contribution in [1.82, 2.24) is 24.4 Å². The second-order valence-corrected chi connectivity index (χ2v) is 8.08. The summed E-state index contributed by atoms with van der Waals surface area (Å²) in [7, 11) is 0. The molecular formula is C20H33N7O. The van der Waals surface area contributed by atoms with Crippen LogP contribution in [-0.2, 0) is 4.74 Å². The van der Waals surface area contributed by atoms with Crippen molar-refractivity contribution in [2.75, 3.05) is 56.2 Å². The van der Waals surface area contributed by atoms with Crippen LogP contribution >= 0.6 is 0 Å². The van der Waals surface area contributed by atoms with Crippen molar-refractivity contribution in [1.29, 1.82) is 0 Å². The number of piperidine rings is 1. The zero-order valence-electron chi connectivity index (χ0n) is 17.4. The number of hydrogen-bond donors (Lipinski definition) is 1. The van der Waals surface area contributed by atoms with E-state index in [9.17, 15) is 0 Å². The number of hydrogen-bond acceptors (Lipinski definition) is 7. The number of nitrogens with one attached hydrogen (secondary N) is 1. The van der Waals surface area contributed by atoms with Gasteiger partial charge in [-0.15, -0.1) is 0 Å². The minimum Gasteiger partial charge on any atom is -0.379 e. The van der Waals surface area contributed by atoms with Crippen molar-refractivity contribution in [3.63, 3.8) is 0 Å². The Hall–Kier alpha value is -1.93. The number of morpholine rings is 1. The second-order valence-electron chi connectivity index (χ2n) is 8.08. The quantitative estimate of drug-likeness (QED) is 0.817.